The standard InChI is InChI=1S/C17H17F3N2OS/c1-12-5-7-15(8-6-12)23-10-9-21-16(24)22-14-4-2-3-13(11-14)17(18,19)20/h2-8,11H,9-10H2,1H3,(H2,21,22,24). The predicted octanol–water partition coefficient (Wildman–Crippen LogP) is 4.38. The van der Waals surface area contributed by atoms with E-state index in [1.54, 1.807) is 0 Å². The second-order valence-electron chi connectivity index (χ2n) is 5.12. The summed E-state index contributed by atoms with van der Waals surface area (Å²) in [6.07, 6.45) is -4.38. The Kier molecular flexibility index (Phi) is 6.03. The fraction of sp³-hybridized carbons (Fsp3) is 0.235. The number of halogens is 3. The molecule has 0 aliphatic carbocycles. The summed E-state index contributed by atoms with van der Waals surface area (Å²) in [4.78, 5) is 0. The normalized spacial score (nSPS) is 11.0. The fourth-order valence-electron chi connectivity index (χ4n) is 1.92. The minimum absolute atomic E-state index is 0.238. The van der Waals surface area contributed by atoms with Gasteiger partial charge < -0.3 is 15.4 Å². The minimum atomic E-state index is -4.38. The van der Waals surface area contributed by atoms with Gasteiger partial charge in [-0.1, -0.05) is 23.8 Å². The first-order valence-electron chi connectivity index (χ1n) is 7.26. The minimum Gasteiger partial charge on any atom is -0.492 e. The van der Waals surface area contributed by atoms with Crippen molar-refractivity contribution in [2.75, 3.05) is 18.5 Å². The van der Waals surface area contributed by atoms with E-state index < -0.39 is 11.7 Å². The Morgan fingerprint density at radius 1 is 1.12 bits per heavy atom. The van der Waals surface area contributed by atoms with Crippen LogP contribution in [0.3, 0.4) is 0 Å². The van der Waals surface area contributed by atoms with Crippen molar-refractivity contribution in [1.29, 1.82) is 0 Å². The van der Waals surface area contributed by atoms with E-state index in [2.05, 4.69) is 10.6 Å². The molecule has 0 radical (unpaired) electrons. The van der Waals surface area contributed by atoms with Gasteiger partial charge in [-0.2, -0.15) is 13.2 Å². The summed E-state index contributed by atoms with van der Waals surface area (Å²) in [5.41, 5.74) is 0.701. The van der Waals surface area contributed by atoms with Crippen molar-refractivity contribution in [2.45, 2.75) is 13.1 Å². The molecular formula is C17H17F3N2OS. The van der Waals surface area contributed by atoms with Gasteiger partial charge in [0.25, 0.3) is 0 Å². The van der Waals surface area contributed by atoms with E-state index in [1.165, 1.54) is 12.1 Å². The van der Waals surface area contributed by atoms with Gasteiger partial charge in [-0.05, 0) is 49.5 Å². The molecule has 128 valence electrons. The number of hydrogen-bond acceptors (Lipinski definition) is 2. The van der Waals surface area contributed by atoms with E-state index in [0.29, 0.717) is 13.2 Å². The first-order chi connectivity index (χ1) is 11.3. The van der Waals surface area contributed by atoms with Crippen LogP contribution in [-0.4, -0.2) is 18.3 Å². The molecule has 0 fully saturated rings. The second kappa shape index (κ2) is 8.01. The van der Waals surface area contributed by atoms with Gasteiger partial charge in [0.1, 0.15) is 12.4 Å². The van der Waals surface area contributed by atoms with Crippen LogP contribution in [0.1, 0.15) is 11.1 Å². The van der Waals surface area contributed by atoms with Crippen molar-refractivity contribution in [1.82, 2.24) is 5.32 Å². The van der Waals surface area contributed by atoms with Crippen molar-refractivity contribution in [2.24, 2.45) is 0 Å². The summed E-state index contributed by atoms with van der Waals surface area (Å²) in [7, 11) is 0. The molecular weight excluding hydrogens is 337 g/mol. The molecule has 3 nitrogen and oxygen atoms in total. The molecule has 0 aromatic heterocycles. The molecule has 2 aromatic carbocycles. The summed E-state index contributed by atoms with van der Waals surface area (Å²) in [6, 6.07) is 12.5. The first-order valence-corrected chi connectivity index (χ1v) is 7.67. The smallest absolute Gasteiger partial charge is 0.416 e. The zero-order valence-electron chi connectivity index (χ0n) is 13.0. The van der Waals surface area contributed by atoms with Crippen molar-refractivity contribution in [3.8, 4) is 5.75 Å². The van der Waals surface area contributed by atoms with Gasteiger partial charge in [-0.25, -0.2) is 0 Å². The van der Waals surface area contributed by atoms with Gasteiger partial charge in [-0.3, -0.25) is 0 Å². The van der Waals surface area contributed by atoms with Crippen LogP contribution >= 0.6 is 12.2 Å². The molecule has 0 amide bonds. The van der Waals surface area contributed by atoms with Crippen LogP contribution in [0.4, 0.5) is 18.9 Å². The second-order valence-corrected chi connectivity index (χ2v) is 5.53. The van der Waals surface area contributed by atoms with Crippen LogP contribution in [0.5, 0.6) is 5.75 Å². The number of aryl methyl sites for hydroxylation is 1. The summed E-state index contributed by atoms with van der Waals surface area (Å²) in [6.45, 7) is 2.80. The van der Waals surface area contributed by atoms with E-state index in [0.717, 1.165) is 23.4 Å². The van der Waals surface area contributed by atoms with Crippen LogP contribution < -0.4 is 15.4 Å². The van der Waals surface area contributed by atoms with Gasteiger partial charge in [0.05, 0.1) is 12.1 Å². The van der Waals surface area contributed by atoms with E-state index in [-0.39, 0.29) is 10.8 Å². The van der Waals surface area contributed by atoms with Crippen molar-refractivity contribution in [3.05, 3.63) is 59.7 Å². The van der Waals surface area contributed by atoms with E-state index >= 15 is 0 Å². The Morgan fingerprint density at radius 2 is 1.83 bits per heavy atom. The molecule has 2 rings (SSSR count). The summed E-state index contributed by atoms with van der Waals surface area (Å²) in [5.74, 6) is 0.749. The van der Waals surface area contributed by atoms with Crippen molar-refractivity contribution in [3.63, 3.8) is 0 Å². The number of anilines is 1. The molecule has 0 aliphatic heterocycles. The Bertz CT molecular complexity index is 687. The van der Waals surface area contributed by atoms with Crippen LogP contribution in [0.25, 0.3) is 0 Å². The number of nitrogens with one attached hydrogen (secondary N) is 2. The summed E-state index contributed by atoms with van der Waals surface area (Å²) < 4.78 is 43.5. The highest BCUT2D eigenvalue weighted by atomic mass is 32.1. The molecule has 0 spiro atoms. The number of thiocarbonyl (C=S) groups is 1. The average molecular weight is 354 g/mol. The Labute approximate surface area is 143 Å². The maximum absolute atomic E-state index is 12.6. The highest BCUT2D eigenvalue weighted by Crippen LogP contribution is 2.30. The average Bonchev–Trinajstić information content (AvgIpc) is 2.53. The third kappa shape index (κ3) is 5.73. The van der Waals surface area contributed by atoms with Gasteiger partial charge in [0.2, 0.25) is 0 Å². The Morgan fingerprint density at radius 3 is 2.50 bits per heavy atom. The van der Waals surface area contributed by atoms with Gasteiger partial charge >= 0.3 is 6.18 Å². The molecule has 0 heterocycles. The predicted molar refractivity (Wildman–Crippen MR) is 92.3 cm³/mol. The van der Waals surface area contributed by atoms with Gasteiger partial charge in [0.15, 0.2) is 5.11 Å². The lowest BCUT2D eigenvalue weighted by Gasteiger charge is -2.13. The highest BCUT2D eigenvalue weighted by molar-refractivity contribution is 7.80. The third-order valence-corrected chi connectivity index (χ3v) is 3.37. The molecule has 2 aromatic rings. The molecule has 0 bridgehead atoms. The lowest BCUT2D eigenvalue weighted by molar-refractivity contribution is -0.137. The largest absolute Gasteiger partial charge is 0.492 e. The monoisotopic (exact) mass is 354 g/mol. The van der Waals surface area contributed by atoms with Gasteiger partial charge in [-0.15, -0.1) is 0 Å². The summed E-state index contributed by atoms with van der Waals surface area (Å²) >= 11 is 5.06. The third-order valence-electron chi connectivity index (χ3n) is 3.13. The number of alkyl halides is 3. The molecule has 2 N–H and O–H groups in total. The van der Waals surface area contributed by atoms with E-state index in [9.17, 15) is 13.2 Å². The molecule has 0 unspecified atom stereocenters. The quantitative estimate of drug-likeness (QED) is 0.617. The van der Waals surface area contributed by atoms with Crippen molar-refractivity contribution < 1.29 is 17.9 Å². The van der Waals surface area contributed by atoms with Gasteiger partial charge in [0, 0.05) is 5.69 Å². The SMILES string of the molecule is Cc1ccc(OCCNC(=S)Nc2cccc(C(F)(F)F)c2)cc1. The number of ether oxygens (including phenoxy) is 1. The summed E-state index contributed by atoms with van der Waals surface area (Å²) in [5, 5.41) is 5.85. The lowest BCUT2D eigenvalue weighted by Crippen LogP contribution is -2.32. The maximum atomic E-state index is 12.6. The van der Waals surface area contributed by atoms with Crippen LogP contribution in [0, 0.1) is 6.92 Å². The molecule has 7 heteroatoms. The molecule has 24 heavy (non-hydrogen) atoms. The van der Waals surface area contributed by atoms with E-state index in [1.807, 2.05) is 31.2 Å². The van der Waals surface area contributed by atoms with Crippen molar-refractivity contribution >= 4 is 23.0 Å². The molecule has 0 saturated carbocycles. The van der Waals surface area contributed by atoms with Crippen LogP contribution in [0.15, 0.2) is 48.5 Å². The molecule has 0 saturated heterocycles. The van der Waals surface area contributed by atoms with Crippen LogP contribution in [0.2, 0.25) is 0 Å². The Hall–Kier alpha value is -2.28. The Balaban J connectivity index is 1.76. The van der Waals surface area contributed by atoms with Crippen LogP contribution in [-0.2, 0) is 6.18 Å². The molecule has 0 atom stereocenters. The number of benzene rings is 2. The number of rotatable bonds is 5. The van der Waals surface area contributed by atoms with E-state index in [4.69, 9.17) is 17.0 Å². The maximum Gasteiger partial charge on any atom is 0.416 e. The highest BCUT2D eigenvalue weighted by Gasteiger charge is 2.30. The lowest BCUT2D eigenvalue weighted by atomic mass is 10.2. The zero-order valence-corrected chi connectivity index (χ0v) is 13.8. The fourth-order valence-corrected chi connectivity index (χ4v) is 2.14. The zero-order chi connectivity index (χ0) is 17.6. The topological polar surface area (TPSA) is 33.3 Å². The first kappa shape index (κ1) is 18.1. The number of hydrogen-bond donors (Lipinski definition) is 2. The molecule has 0 aliphatic rings.